The van der Waals surface area contributed by atoms with Crippen LogP contribution in [-0.4, -0.2) is 25.1 Å². The molecule has 0 spiro atoms. The summed E-state index contributed by atoms with van der Waals surface area (Å²) in [5.41, 5.74) is 1.14. The Morgan fingerprint density at radius 2 is 1.91 bits per heavy atom. The maximum atomic E-state index is 13.0. The number of carbonyl (C=O) groups is 1. The molecular formula is C24H24N4O4S. The number of esters is 1. The number of aryl methyl sites for hydroxylation is 2. The Bertz CT molecular complexity index is 1500. The van der Waals surface area contributed by atoms with Crippen LogP contribution < -0.4 is 11.1 Å². The molecule has 0 N–H and O–H groups in total. The minimum Gasteiger partial charge on any atom is -0.454 e. The van der Waals surface area contributed by atoms with Gasteiger partial charge in [0.1, 0.15) is 6.61 Å². The second kappa shape index (κ2) is 8.55. The maximum absolute atomic E-state index is 13.0. The topological polar surface area (TPSA) is 95.6 Å². The van der Waals surface area contributed by atoms with Crippen molar-refractivity contribution in [3.05, 3.63) is 73.0 Å². The summed E-state index contributed by atoms with van der Waals surface area (Å²) in [7, 11) is 0. The van der Waals surface area contributed by atoms with Crippen molar-refractivity contribution in [2.45, 2.75) is 52.7 Å². The highest BCUT2D eigenvalue weighted by Gasteiger charge is 2.21. The first-order valence-electron chi connectivity index (χ1n) is 11.1. The summed E-state index contributed by atoms with van der Waals surface area (Å²) >= 11 is 1.53. The molecule has 0 fully saturated rings. The molecule has 0 atom stereocenters. The Labute approximate surface area is 193 Å². The molecule has 9 heteroatoms. The highest BCUT2D eigenvalue weighted by molar-refractivity contribution is 7.17. The number of rotatable bonds is 5. The van der Waals surface area contributed by atoms with Gasteiger partial charge in [-0.05, 0) is 37.7 Å². The standard InChI is InChI=1S/C24H24N4O4S/c1-14(2)12-27-22(30)17-8-4-3-7-16(17)21(26-27)23(31)32-13-15-11-20(29)28-18-9-5-6-10-19(18)33-24(28)25-15/h3-4,7-8,11,14H,5-6,9-10,12-13H2,1-2H3. The Morgan fingerprint density at radius 3 is 2.70 bits per heavy atom. The number of aromatic nitrogens is 4. The molecule has 33 heavy (non-hydrogen) atoms. The van der Waals surface area contributed by atoms with Crippen LogP contribution in [-0.2, 0) is 30.7 Å². The van der Waals surface area contributed by atoms with E-state index in [1.54, 1.807) is 28.7 Å². The highest BCUT2D eigenvalue weighted by atomic mass is 32.1. The van der Waals surface area contributed by atoms with E-state index < -0.39 is 5.97 Å². The van der Waals surface area contributed by atoms with Gasteiger partial charge in [-0.15, -0.1) is 11.3 Å². The van der Waals surface area contributed by atoms with Crippen molar-refractivity contribution in [1.29, 1.82) is 0 Å². The summed E-state index contributed by atoms with van der Waals surface area (Å²) in [4.78, 5) is 44.9. The number of carbonyl (C=O) groups excluding carboxylic acids is 1. The molecule has 1 aliphatic rings. The Kier molecular flexibility index (Phi) is 5.57. The van der Waals surface area contributed by atoms with E-state index in [0.29, 0.717) is 28.0 Å². The Hall–Kier alpha value is -3.33. The van der Waals surface area contributed by atoms with E-state index in [0.717, 1.165) is 31.4 Å². The van der Waals surface area contributed by atoms with Gasteiger partial charge in [0.25, 0.3) is 11.1 Å². The molecule has 5 rings (SSSR count). The summed E-state index contributed by atoms with van der Waals surface area (Å²) in [6.45, 7) is 4.20. The number of nitrogens with zero attached hydrogens (tertiary/aromatic N) is 4. The third-order valence-corrected chi connectivity index (χ3v) is 6.91. The van der Waals surface area contributed by atoms with Gasteiger partial charge in [-0.2, -0.15) is 5.10 Å². The zero-order valence-corrected chi connectivity index (χ0v) is 19.4. The number of hydrogen-bond acceptors (Lipinski definition) is 7. The lowest BCUT2D eigenvalue weighted by Crippen LogP contribution is -2.28. The number of hydrogen-bond donors (Lipinski definition) is 0. The van der Waals surface area contributed by atoms with E-state index in [1.165, 1.54) is 27.0 Å². The third kappa shape index (κ3) is 3.97. The van der Waals surface area contributed by atoms with Crippen molar-refractivity contribution < 1.29 is 9.53 Å². The van der Waals surface area contributed by atoms with Gasteiger partial charge in [-0.25, -0.2) is 14.5 Å². The largest absolute Gasteiger partial charge is 0.454 e. The summed E-state index contributed by atoms with van der Waals surface area (Å²) in [6, 6.07) is 8.30. The van der Waals surface area contributed by atoms with Gasteiger partial charge in [-0.1, -0.05) is 32.0 Å². The molecule has 3 aromatic heterocycles. The van der Waals surface area contributed by atoms with Crippen molar-refractivity contribution in [3.8, 4) is 0 Å². The minimum absolute atomic E-state index is 0.0789. The molecule has 4 aromatic rings. The van der Waals surface area contributed by atoms with Crippen molar-refractivity contribution in [2.75, 3.05) is 0 Å². The van der Waals surface area contributed by atoms with Crippen LogP contribution in [0.1, 0.15) is 53.4 Å². The van der Waals surface area contributed by atoms with Gasteiger partial charge in [0.05, 0.1) is 11.1 Å². The molecule has 1 aromatic carbocycles. The van der Waals surface area contributed by atoms with Crippen LogP contribution in [0.3, 0.4) is 0 Å². The van der Waals surface area contributed by atoms with Crippen LogP contribution in [0, 0.1) is 5.92 Å². The molecule has 170 valence electrons. The van der Waals surface area contributed by atoms with Gasteiger partial charge < -0.3 is 4.74 Å². The van der Waals surface area contributed by atoms with Crippen LogP contribution in [0.4, 0.5) is 0 Å². The zero-order chi connectivity index (χ0) is 23.1. The number of fused-ring (bicyclic) bond motifs is 4. The molecular weight excluding hydrogens is 440 g/mol. The molecule has 0 saturated carbocycles. The second-order valence-electron chi connectivity index (χ2n) is 8.73. The average molecular weight is 465 g/mol. The lowest BCUT2D eigenvalue weighted by Gasteiger charge is -2.12. The zero-order valence-electron chi connectivity index (χ0n) is 18.5. The Morgan fingerprint density at radius 1 is 1.15 bits per heavy atom. The molecule has 1 aliphatic carbocycles. The fourth-order valence-electron chi connectivity index (χ4n) is 4.28. The van der Waals surface area contributed by atoms with Crippen molar-refractivity contribution in [1.82, 2.24) is 19.2 Å². The molecule has 0 radical (unpaired) electrons. The summed E-state index contributed by atoms with van der Waals surface area (Å²) in [5, 5.41) is 5.17. The smallest absolute Gasteiger partial charge is 0.359 e. The van der Waals surface area contributed by atoms with E-state index in [2.05, 4.69) is 10.1 Å². The van der Waals surface area contributed by atoms with Crippen LogP contribution in [0.15, 0.2) is 39.9 Å². The van der Waals surface area contributed by atoms with E-state index >= 15 is 0 Å². The van der Waals surface area contributed by atoms with Crippen LogP contribution in [0.5, 0.6) is 0 Å². The summed E-state index contributed by atoms with van der Waals surface area (Å²) in [5.74, 6) is -0.475. The molecule has 0 amide bonds. The summed E-state index contributed by atoms with van der Waals surface area (Å²) < 4.78 is 8.50. The van der Waals surface area contributed by atoms with Gasteiger partial charge in [0.2, 0.25) is 0 Å². The fourth-order valence-corrected chi connectivity index (χ4v) is 5.51. The first kappa shape index (κ1) is 21.5. The first-order chi connectivity index (χ1) is 15.9. The van der Waals surface area contributed by atoms with E-state index in [1.807, 2.05) is 13.8 Å². The minimum atomic E-state index is -0.656. The van der Waals surface area contributed by atoms with Crippen molar-refractivity contribution in [2.24, 2.45) is 5.92 Å². The van der Waals surface area contributed by atoms with Crippen molar-refractivity contribution >= 4 is 33.0 Å². The van der Waals surface area contributed by atoms with E-state index in [-0.39, 0.29) is 29.3 Å². The fraction of sp³-hybridized carbons (Fsp3) is 0.375. The molecule has 0 aliphatic heterocycles. The first-order valence-corrected chi connectivity index (χ1v) is 11.9. The molecule has 0 bridgehead atoms. The molecule has 0 saturated heterocycles. The van der Waals surface area contributed by atoms with Crippen molar-refractivity contribution in [3.63, 3.8) is 0 Å². The lowest BCUT2D eigenvalue weighted by molar-refractivity contribution is 0.0460. The predicted octanol–water partition coefficient (Wildman–Crippen LogP) is 3.36. The maximum Gasteiger partial charge on any atom is 0.359 e. The lowest BCUT2D eigenvalue weighted by atomic mass is 10.0. The molecule has 3 heterocycles. The van der Waals surface area contributed by atoms with Crippen LogP contribution >= 0.6 is 11.3 Å². The quantitative estimate of drug-likeness (QED) is 0.420. The van der Waals surface area contributed by atoms with Gasteiger partial charge in [0.15, 0.2) is 10.7 Å². The summed E-state index contributed by atoms with van der Waals surface area (Å²) in [6.07, 6.45) is 4.05. The van der Waals surface area contributed by atoms with Gasteiger partial charge >= 0.3 is 5.97 Å². The average Bonchev–Trinajstić information content (AvgIpc) is 3.18. The normalized spacial score (nSPS) is 13.5. The monoisotopic (exact) mass is 464 g/mol. The second-order valence-corrected chi connectivity index (χ2v) is 9.80. The number of thiazole rings is 1. The van der Waals surface area contributed by atoms with E-state index in [4.69, 9.17) is 4.74 Å². The van der Waals surface area contributed by atoms with E-state index in [9.17, 15) is 14.4 Å². The predicted molar refractivity (Wildman–Crippen MR) is 126 cm³/mol. The number of ether oxygens (including phenoxy) is 1. The Balaban J connectivity index is 1.46. The van der Waals surface area contributed by atoms with Gasteiger partial charge in [0, 0.05) is 28.6 Å². The SMILES string of the molecule is CC(C)Cn1nc(C(=O)OCc2cc(=O)n3c4c(sc3n2)CCCC4)c2ccccc2c1=O. The number of benzene rings is 1. The van der Waals surface area contributed by atoms with Crippen LogP contribution in [0.25, 0.3) is 15.7 Å². The molecule has 0 unspecified atom stereocenters. The molecule has 8 nitrogen and oxygen atoms in total. The van der Waals surface area contributed by atoms with Gasteiger partial charge in [-0.3, -0.25) is 14.0 Å². The van der Waals surface area contributed by atoms with Crippen LogP contribution in [0.2, 0.25) is 0 Å². The third-order valence-electron chi connectivity index (χ3n) is 5.77. The highest BCUT2D eigenvalue weighted by Crippen LogP contribution is 2.28.